The zero-order chi connectivity index (χ0) is 13.7. The third-order valence-electron chi connectivity index (χ3n) is 3.78. The minimum absolute atomic E-state index is 0.424. The largest absolute Gasteiger partial charge is 0.360 e. The standard InChI is InChI=1S/C14H25N5/c1-3-7-18(2)13-9-14(17-11-16-13)19-8-5-4-6-12(19)10-15/h9,11-12H,3-8,10,15H2,1-2H3. The number of rotatable bonds is 5. The average Bonchev–Trinajstić information content (AvgIpc) is 2.47. The number of nitrogens with zero attached hydrogens (tertiary/aromatic N) is 4. The van der Waals surface area contributed by atoms with Crippen LogP contribution in [-0.2, 0) is 0 Å². The Morgan fingerprint density at radius 1 is 1.42 bits per heavy atom. The fraction of sp³-hybridized carbons (Fsp3) is 0.714. The molecular weight excluding hydrogens is 238 g/mol. The normalized spacial score (nSPS) is 19.5. The fourth-order valence-electron chi connectivity index (χ4n) is 2.70. The van der Waals surface area contributed by atoms with Gasteiger partial charge in [-0.15, -0.1) is 0 Å². The van der Waals surface area contributed by atoms with E-state index < -0.39 is 0 Å². The summed E-state index contributed by atoms with van der Waals surface area (Å²) >= 11 is 0. The first kappa shape index (κ1) is 14.1. The molecule has 0 spiro atoms. The quantitative estimate of drug-likeness (QED) is 0.875. The second-order valence-electron chi connectivity index (χ2n) is 5.23. The third-order valence-corrected chi connectivity index (χ3v) is 3.78. The Bertz CT molecular complexity index is 395. The van der Waals surface area contributed by atoms with Gasteiger partial charge in [0.05, 0.1) is 0 Å². The lowest BCUT2D eigenvalue weighted by atomic mass is 10.0. The molecule has 2 N–H and O–H groups in total. The van der Waals surface area contributed by atoms with Crippen molar-refractivity contribution in [3.05, 3.63) is 12.4 Å². The van der Waals surface area contributed by atoms with Crippen molar-refractivity contribution in [3.8, 4) is 0 Å². The summed E-state index contributed by atoms with van der Waals surface area (Å²) in [5, 5.41) is 0. The number of piperidine rings is 1. The van der Waals surface area contributed by atoms with Crippen LogP contribution in [0.25, 0.3) is 0 Å². The van der Waals surface area contributed by atoms with Crippen LogP contribution in [0.2, 0.25) is 0 Å². The van der Waals surface area contributed by atoms with Crippen molar-refractivity contribution in [3.63, 3.8) is 0 Å². The van der Waals surface area contributed by atoms with Gasteiger partial charge >= 0.3 is 0 Å². The van der Waals surface area contributed by atoms with Crippen LogP contribution in [0.5, 0.6) is 0 Å². The zero-order valence-corrected chi connectivity index (χ0v) is 12.0. The molecule has 1 aliphatic rings. The molecule has 0 saturated carbocycles. The van der Waals surface area contributed by atoms with Crippen molar-refractivity contribution >= 4 is 11.6 Å². The maximum atomic E-state index is 5.88. The van der Waals surface area contributed by atoms with Crippen molar-refractivity contribution in [2.45, 2.75) is 38.6 Å². The predicted octanol–water partition coefficient (Wildman–Crippen LogP) is 1.64. The Kier molecular flexibility index (Phi) is 4.96. The lowest BCUT2D eigenvalue weighted by molar-refractivity contribution is 0.462. The van der Waals surface area contributed by atoms with Gasteiger partial charge in [0.25, 0.3) is 0 Å². The van der Waals surface area contributed by atoms with Crippen LogP contribution < -0.4 is 15.5 Å². The van der Waals surface area contributed by atoms with Crippen molar-refractivity contribution in [2.24, 2.45) is 5.73 Å². The van der Waals surface area contributed by atoms with Crippen molar-refractivity contribution < 1.29 is 0 Å². The van der Waals surface area contributed by atoms with E-state index in [1.54, 1.807) is 6.33 Å². The van der Waals surface area contributed by atoms with Gasteiger partial charge in [0.2, 0.25) is 0 Å². The molecule has 19 heavy (non-hydrogen) atoms. The van der Waals surface area contributed by atoms with Crippen LogP contribution in [-0.4, -0.2) is 42.7 Å². The monoisotopic (exact) mass is 263 g/mol. The topological polar surface area (TPSA) is 58.3 Å². The molecule has 1 aliphatic heterocycles. The Labute approximate surface area is 115 Å². The first-order chi connectivity index (χ1) is 9.26. The molecule has 106 valence electrons. The van der Waals surface area contributed by atoms with Crippen LogP contribution in [0.3, 0.4) is 0 Å². The average molecular weight is 263 g/mol. The van der Waals surface area contributed by atoms with Gasteiger partial charge in [-0.2, -0.15) is 0 Å². The summed E-state index contributed by atoms with van der Waals surface area (Å²) in [5.74, 6) is 2.01. The van der Waals surface area contributed by atoms with E-state index in [-0.39, 0.29) is 0 Å². The Morgan fingerprint density at radius 2 is 2.26 bits per heavy atom. The van der Waals surface area contributed by atoms with Crippen molar-refractivity contribution in [1.82, 2.24) is 9.97 Å². The fourth-order valence-corrected chi connectivity index (χ4v) is 2.70. The minimum atomic E-state index is 0.424. The molecular formula is C14H25N5. The molecule has 2 heterocycles. The molecule has 1 aromatic heterocycles. The third kappa shape index (κ3) is 3.35. The molecule has 1 atom stereocenters. The van der Waals surface area contributed by atoms with E-state index in [9.17, 15) is 0 Å². The first-order valence-electron chi connectivity index (χ1n) is 7.26. The molecule has 0 bridgehead atoms. The second-order valence-corrected chi connectivity index (χ2v) is 5.23. The van der Waals surface area contributed by atoms with Crippen LogP contribution in [0.4, 0.5) is 11.6 Å². The van der Waals surface area contributed by atoms with Crippen LogP contribution >= 0.6 is 0 Å². The smallest absolute Gasteiger partial charge is 0.134 e. The summed E-state index contributed by atoms with van der Waals surface area (Å²) in [6.07, 6.45) is 6.44. The molecule has 0 radical (unpaired) electrons. The molecule has 2 rings (SSSR count). The van der Waals surface area contributed by atoms with Crippen molar-refractivity contribution in [1.29, 1.82) is 0 Å². The highest BCUT2D eigenvalue weighted by molar-refractivity contribution is 5.50. The first-order valence-corrected chi connectivity index (χ1v) is 7.26. The highest BCUT2D eigenvalue weighted by Gasteiger charge is 2.22. The van der Waals surface area contributed by atoms with Crippen molar-refractivity contribution in [2.75, 3.05) is 36.5 Å². The number of hydrogen-bond acceptors (Lipinski definition) is 5. The van der Waals surface area contributed by atoms with E-state index >= 15 is 0 Å². The number of aromatic nitrogens is 2. The van der Waals surface area contributed by atoms with Gasteiger partial charge in [0, 0.05) is 38.8 Å². The summed E-state index contributed by atoms with van der Waals surface area (Å²) in [6, 6.07) is 2.51. The Balaban J connectivity index is 2.17. The molecule has 1 fully saturated rings. The van der Waals surface area contributed by atoms with Crippen LogP contribution in [0.1, 0.15) is 32.6 Å². The summed E-state index contributed by atoms with van der Waals surface area (Å²) in [5.41, 5.74) is 5.88. The van der Waals surface area contributed by atoms with Crippen LogP contribution in [0.15, 0.2) is 12.4 Å². The van der Waals surface area contributed by atoms with E-state index in [4.69, 9.17) is 5.73 Å². The summed E-state index contributed by atoms with van der Waals surface area (Å²) < 4.78 is 0. The van der Waals surface area contributed by atoms with Gasteiger partial charge < -0.3 is 15.5 Å². The molecule has 5 heteroatoms. The maximum Gasteiger partial charge on any atom is 0.134 e. The lowest BCUT2D eigenvalue weighted by Gasteiger charge is -2.36. The van der Waals surface area contributed by atoms with Gasteiger partial charge in [-0.3, -0.25) is 0 Å². The molecule has 0 aromatic carbocycles. The molecule has 5 nitrogen and oxygen atoms in total. The van der Waals surface area contributed by atoms with Gasteiger partial charge in [0.1, 0.15) is 18.0 Å². The van der Waals surface area contributed by atoms with Gasteiger partial charge in [-0.25, -0.2) is 9.97 Å². The zero-order valence-electron chi connectivity index (χ0n) is 12.0. The Hall–Kier alpha value is -1.36. The van der Waals surface area contributed by atoms with Gasteiger partial charge in [0.15, 0.2) is 0 Å². The number of nitrogens with two attached hydrogens (primary N) is 1. The van der Waals surface area contributed by atoms with Gasteiger partial charge in [-0.05, 0) is 25.7 Å². The van der Waals surface area contributed by atoms with Gasteiger partial charge in [-0.1, -0.05) is 6.92 Å². The highest BCUT2D eigenvalue weighted by Crippen LogP contribution is 2.24. The molecule has 0 amide bonds. The number of hydrogen-bond donors (Lipinski definition) is 1. The number of anilines is 2. The second kappa shape index (κ2) is 6.70. The maximum absolute atomic E-state index is 5.88. The SMILES string of the molecule is CCCN(C)c1cc(N2CCCCC2CN)ncn1. The van der Waals surface area contributed by atoms with E-state index in [0.717, 1.165) is 31.1 Å². The summed E-state index contributed by atoms with van der Waals surface area (Å²) in [6.45, 7) is 4.93. The van der Waals surface area contributed by atoms with E-state index in [0.29, 0.717) is 12.6 Å². The molecule has 1 aromatic rings. The van der Waals surface area contributed by atoms with E-state index in [1.165, 1.54) is 19.3 Å². The summed E-state index contributed by atoms with van der Waals surface area (Å²) in [7, 11) is 2.08. The van der Waals surface area contributed by atoms with Crippen LogP contribution in [0, 0.1) is 0 Å². The highest BCUT2D eigenvalue weighted by atomic mass is 15.2. The minimum Gasteiger partial charge on any atom is -0.360 e. The van der Waals surface area contributed by atoms with E-state index in [1.807, 2.05) is 0 Å². The molecule has 1 saturated heterocycles. The Morgan fingerprint density at radius 3 is 3.00 bits per heavy atom. The lowest BCUT2D eigenvalue weighted by Crippen LogP contribution is -2.44. The summed E-state index contributed by atoms with van der Waals surface area (Å²) in [4.78, 5) is 13.3. The predicted molar refractivity (Wildman–Crippen MR) is 79.6 cm³/mol. The molecule has 0 aliphatic carbocycles. The van der Waals surface area contributed by atoms with E-state index in [2.05, 4.69) is 39.8 Å². The molecule has 1 unspecified atom stereocenters.